The molecule has 0 unspecified atom stereocenters. The molecular formula is C21H25N3O4. The van der Waals surface area contributed by atoms with Crippen molar-refractivity contribution in [2.24, 2.45) is 0 Å². The normalized spacial score (nSPS) is 11.1. The van der Waals surface area contributed by atoms with Crippen molar-refractivity contribution in [3.05, 3.63) is 58.9 Å². The first-order valence-electron chi connectivity index (χ1n) is 9.47. The van der Waals surface area contributed by atoms with Gasteiger partial charge < -0.3 is 19.3 Å². The number of nitrogens with one attached hydrogen (secondary N) is 1. The van der Waals surface area contributed by atoms with Gasteiger partial charge in [-0.15, -0.1) is 0 Å². The number of fused-ring (bicyclic) bond motifs is 1. The van der Waals surface area contributed by atoms with Gasteiger partial charge in [0.2, 0.25) is 0 Å². The lowest BCUT2D eigenvalue weighted by Gasteiger charge is -2.08. The second kappa shape index (κ2) is 9.96. The molecule has 0 aliphatic carbocycles. The fourth-order valence-corrected chi connectivity index (χ4v) is 2.82. The Morgan fingerprint density at radius 2 is 1.96 bits per heavy atom. The highest BCUT2D eigenvalue weighted by Gasteiger charge is 2.12. The van der Waals surface area contributed by atoms with E-state index < -0.39 is 0 Å². The molecule has 3 rings (SSSR count). The molecule has 1 aromatic carbocycles. The molecule has 0 radical (unpaired) electrons. The number of rotatable bonds is 10. The SMILES string of the molecule is CCOCCOCc1cccc(CNC(=O)c2cnc3onc(CC)c3c2)c1. The molecule has 0 fully saturated rings. The minimum absolute atomic E-state index is 0.184. The van der Waals surface area contributed by atoms with Gasteiger partial charge in [0.15, 0.2) is 0 Å². The second-order valence-electron chi connectivity index (χ2n) is 6.31. The summed E-state index contributed by atoms with van der Waals surface area (Å²) in [6, 6.07) is 9.73. The Morgan fingerprint density at radius 1 is 1.14 bits per heavy atom. The van der Waals surface area contributed by atoms with Crippen LogP contribution in [0.25, 0.3) is 11.1 Å². The number of hydrogen-bond acceptors (Lipinski definition) is 6. The van der Waals surface area contributed by atoms with Crippen molar-refractivity contribution in [1.82, 2.24) is 15.5 Å². The number of aromatic nitrogens is 2. The summed E-state index contributed by atoms with van der Waals surface area (Å²) in [5, 5.41) is 7.68. The minimum atomic E-state index is -0.184. The third kappa shape index (κ3) is 5.15. The van der Waals surface area contributed by atoms with Gasteiger partial charge in [-0.3, -0.25) is 4.79 Å². The Morgan fingerprint density at radius 3 is 2.79 bits per heavy atom. The van der Waals surface area contributed by atoms with Crippen molar-refractivity contribution in [2.45, 2.75) is 33.4 Å². The molecule has 2 aromatic heterocycles. The molecule has 0 aliphatic rings. The third-order valence-electron chi connectivity index (χ3n) is 4.29. The van der Waals surface area contributed by atoms with Crippen molar-refractivity contribution >= 4 is 17.0 Å². The molecule has 1 N–H and O–H groups in total. The van der Waals surface area contributed by atoms with E-state index in [0.29, 0.717) is 44.2 Å². The Kier molecular flexibility index (Phi) is 7.11. The number of carbonyl (C=O) groups excluding carboxylic acids is 1. The second-order valence-corrected chi connectivity index (χ2v) is 6.31. The van der Waals surface area contributed by atoms with Gasteiger partial charge in [0.1, 0.15) is 0 Å². The molecule has 3 aromatic rings. The van der Waals surface area contributed by atoms with Crippen LogP contribution in [0.15, 0.2) is 41.1 Å². The van der Waals surface area contributed by atoms with Crippen molar-refractivity contribution < 1.29 is 18.8 Å². The lowest BCUT2D eigenvalue weighted by molar-refractivity contribution is 0.0453. The number of ether oxygens (including phenoxy) is 2. The lowest BCUT2D eigenvalue weighted by Crippen LogP contribution is -2.23. The fourth-order valence-electron chi connectivity index (χ4n) is 2.82. The van der Waals surface area contributed by atoms with Crippen LogP contribution in [0.2, 0.25) is 0 Å². The molecule has 2 heterocycles. The zero-order chi connectivity index (χ0) is 19.8. The summed E-state index contributed by atoms with van der Waals surface area (Å²) >= 11 is 0. The number of amides is 1. The van der Waals surface area contributed by atoms with E-state index in [1.165, 1.54) is 6.20 Å². The van der Waals surface area contributed by atoms with E-state index in [1.807, 2.05) is 38.1 Å². The Labute approximate surface area is 164 Å². The molecule has 0 bridgehead atoms. The Hall–Kier alpha value is -2.77. The van der Waals surface area contributed by atoms with Gasteiger partial charge in [-0.1, -0.05) is 36.3 Å². The summed E-state index contributed by atoms with van der Waals surface area (Å²) in [6.07, 6.45) is 2.23. The van der Waals surface area contributed by atoms with Crippen molar-refractivity contribution in [1.29, 1.82) is 0 Å². The highest BCUT2D eigenvalue weighted by Crippen LogP contribution is 2.18. The standard InChI is InChI=1S/C21H25N3O4/c1-3-19-18-11-17(13-23-21(18)28-24-19)20(25)22-12-15-6-5-7-16(10-15)14-27-9-8-26-4-2/h5-7,10-11,13H,3-4,8-9,12,14H2,1-2H3,(H,22,25). The number of nitrogens with zero attached hydrogens (tertiary/aromatic N) is 2. The largest absolute Gasteiger partial charge is 0.379 e. The predicted molar refractivity (Wildman–Crippen MR) is 105 cm³/mol. The summed E-state index contributed by atoms with van der Waals surface area (Å²) in [5.41, 5.74) is 3.80. The maximum absolute atomic E-state index is 12.5. The molecular weight excluding hydrogens is 358 g/mol. The van der Waals surface area contributed by atoms with Crippen LogP contribution >= 0.6 is 0 Å². The van der Waals surface area contributed by atoms with Gasteiger partial charge >= 0.3 is 0 Å². The number of benzene rings is 1. The van der Waals surface area contributed by atoms with Crippen LogP contribution in [0.1, 0.15) is 41.0 Å². The number of hydrogen-bond donors (Lipinski definition) is 1. The molecule has 28 heavy (non-hydrogen) atoms. The van der Waals surface area contributed by atoms with E-state index in [4.69, 9.17) is 14.0 Å². The van der Waals surface area contributed by atoms with Gasteiger partial charge in [-0.05, 0) is 30.5 Å². The van der Waals surface area contributed by atoms with Crippen molar-refractivity contribution in [3.8, 4) is 0 Å². The van der Waals surface area contributed by atoms with E-state index >= 15 is 0 Å². The first kappa shape index (κ1) is 20.0. The number of aryl methyl sites for hydroxylation is 1. The molecule has 0 aliphatic heterocycles. The Balaban J connectivity index is 1.56. The van der Waals surface area contributed by atoms with Crippen molar-refractivity contribution in [2.75, 3.05) is 19.8 Å². The van der Waals surface area contributed by atoms with E-state index in [2.05, 4.69) is 15.5 Å². The topological polar surface area (TPSA) is 86.5 Å². The summed E-state index contributed by atoms with van der Waals surface area (Å²) in [5.74, 6) is -0.184. The zero-order valence-electron chi connectivity index (χ0n) is 16.2. The van der Waals surface area contributed by atoms with Crippen LogP contribution < -0.4 is 5.32 Å². The summed E-state index contributed by atoms with van der Waals surface area (Å²) in [7, 11) is 0. The highest BCUT2D eigenvalue weighted by molar-refractivity contribution is 5.96. The van der Waals surface area contributed by atoms with Gasteiger partial charge in [0, 0.05) is 19.3 Å². The Bertz CT molecular complexity index is 923. The number of carbonyl (C=O) groups is 1. The maximum Gasteiger partial charge on any atom is 0.257 e. The van der Waals surface area contributed by atoms with Gasteiger partial charge in [0.05, 0.1) is 36.5 Å². The van der Waals surface area contributed by atoms with E-state index in [-0.39, 0.29) is 5.91 Å². The van der Waals surface area contributed by atoms with Crippen LogP contribution in [0.4, 0.5) is 0 Å². The third-order valence-corrected chi connectivity index (χ3v) is 4.29. The van der Waals surface area contributed by atoms with Crippen LogP contribution in [0, 0.1) is 0 Å². The molecule has 0 saturated carbocycles. The fraction of sp³-hybridized carbons (Fsp3) is 0.381. The maximum atomic E-state index is 12.5. The van der Waals surface area contributed by atoms with Crippen LogP contribution in [0.5, 0.6) is 0 Å². The zero-order valence-corrected chi connectivity index (χ0v) is 16.2. The quantitative estimate of drug-likeness (QED) is 0.541. The van der Waals surface area contributed by atoms with E-state index in [9.17, 15) is 4.79 Å². The molecule has 0 spiro atoms. The highest BCUT2D eigenvalue weighted by atomic mass is 16.5. The monoisotopic (exact) mass is 383 g/mol. The van der Waals surface area contributed by atoms with Crippen LogP contribution in [0.3, 0.4) is 0 Å². The summed E-state index contributed by atoms with van der Waals surface area (Å²) in [4.78, 5) is 16.7. The average molecular weight is 383 g/mol. The predicted octanol–water partition coefficient (Wildman–Crippen LogP) is 3.27. The smallest absolute Gasteiger partial charge is 0.257 e. The first-order valence-corrected chi connectivity index (χ1v) is 9.47. The van der Waals surface area contributed by atoms with Gasteiger partial charge in [-0.25, -0.2) is 4.98 Å². The molecule has 148 valence electrons. The molecule has 7 nitrogen and oxygen atoms in total. The first-order chi connectivity index (χ1) is 13.7. The van der Waals surface area contributed by atoms with Crippen molar-refractivity contribution in [3.63, 3.8) is 0 Å². The van der Waals surface area contributed by atoms with Crippen LogP contribution in [-0.2, 0) is 29.0 Å². The van der Waals surface area contributed by atoms with Gasteiger partial charge in [-0.2, -0.15) is 0 Å². The summed E-state index contributed by atoms with van der Waals surface area (Å²) < 4.78 is 16.0. The molecule has 0 atom stereocenters. The average Bonchev–Trinajstić information content (AvgIpc) is 3.14. The molecule has 0 saturated heterocycles. The van der Waals surface area contributed by atoms with Crippen LogP contribution in [-0.4, -0.2) is 35.9 Å². The van der Waals surface area contributed by atoms with E-state index in [0.717, 1.165) is 28.6 Å². The minimum Gasteiger partial charge on any atom is -0.379 e. The van der Waals surface area contributed by atoms with Gasteiger partial charge in [0.25, 0.3) is 11.6 Å². The molecule has 1 amide bonds. The lowest BCUT2D eigenvalue weighted by atomic mass is 10.1. The molecule has 7 heteroatoms. The summed E-state index contributed by atoms with van der Waals surface area (Å²) in [6.45, 7) is 6.73. The number of pyridine rings is 1. The van der Waals surface area contributed by atoms with E-state index in [1.54, 1.807) is 6.07 Å².